The third-order valence-corrected chi connectivity index (χ3v) is 5.95. The summed E-state index contributed by atoms with van der Waals surface area (Å²) in [6, 6.07) is 11.9. The number of furan rings is 1. The number of nitrogens with zero attached hydrogens (tertiary/aromatic N) is 3. The van der Waals surface area contributed by atoms with Gasteiger partial charge in [-0.1, -0.05) is 23.4 Å². The Kier molecular flexibility index (Phi) is 3.70. The quantitative estimate of drug-likeness (QED) is 0.722. The molecule has 0 radical (unpaired) electrons. The molecule has 1 saturated heterocycles. The minimum absolute atomic E-state index is 0.0871. The van der Waals surface area contributed by atoms with Gasteiger partial charge in [0, 0.05) is 19.0 Å². The Hall–Kier alpha value is -2.45. The lowest BCUT2D eigenvalue weighted by atomic mass is 10.1. The monoisotopic (exact) mass is 345 g/mol. The van der Waals surface area contributed by atoms with Crippen molar-refractivity contribution < 1.29 is 17.4 Å². The summed E-state index contributed by atoms with van der Waals surface area (Å²) < 4.78 is 37.2. The molecule has 1 atom stereocenters. The first-order valence-corrected chi connectivity index (χ1v) is 9.01. The number of sulfonamides is 1. The predicted octanol–water partition coefficient (Wildman–Crippen LogP) is 2.51. The molecule has 1 aromatic carbocycles. The van der Waals surface area contributed by atoms with E-state index in [4.69, 9.17) is 8.94 Å². The van der Waals surface area contributed by atoms with E-state index < -0.39 is 10.0 Å². The average molecular weight is 345 g/mol. The van der Waals surface area contributed by atoms with Gasteiger partial charge in [-0.05, 0) is 30.7 Å². The maximum Gasteiger partial charge on any atom is 0.293 e. The maximum atomic E-state index is 12.6. The zero-order valence-corrected chi connectivity index (χ0v) is 13.5. The Bertz CT molecular complexity index is 919. The number of hydrogen-bond donors (Lipinski definition) is 0. The first-order valence-electron chi connectivity index (χ1n) is 7.57. The SMILES string of the molecule is O=S(=O)(c1ccccc1)N1CC[C@@H](c2noc(-c3ccco3)n2)C1. The highest BCUT2D eigenvalue weighted by Crippen LogP contribution is 2.30. The maximum absolute atomic E-state index is 12.6. The molecule has 0 saturated carbocycles. The average Bonchev–Trinajstić information content (AvgIpc) is 3.34. The molecule has 0 bridgehead atoms. The summed E-state index contributed by atoms with van der Waals surface area (Å²) in [6.07, 6.45) is 2.19. The van der Waals surface area contributed by atoms with Gasteiger partial charge in [-0.3, -0.25) is 0 Å². The van der Waals surface area contributed by atoms with E-state index in [1.54, 1.807) is 42.5 Å². The van der Waals surface area contributed by atoms with Crippen molar-refractivity contribution in [2.45, 2.75) is 17.2 Å². The van der Waals surface area contributed by atoms with Crippen molar-refractivity contribution in [2.24, 2.45) is 0 Å². The second kappa shape index (κ2) is 5.88. The lowest BCUT2D eigenvalue weighted by molar-refractivity contribution is 0.403. The largest absolute Gasteiger partial charge is 0.459 e. The fourth-order valence-electron chi connectivity index (χ4n) is 2.80. The van der Waals surface area contributed by atoms with Crippen LogP contribution in [0, 0.1) is 0 Å². The molecule has 7 nitrogen and oxygen atoms in total. The molecule has 4 rings (SSSR count). The summed E-state index contributed by atoms with van der Waals surface area (Å²) in [5.74, 6) is 1.22. The summed E-state index contributed by atoms with van der Waals surface area (Å²) in [4.78, 5) is 4.63. The van der Waals surface area contributed by atoms with E-state index >= 15 is 0 Å². The smallest absolute Gasteiger partial charge is 0.293 e. The van der Waals surface area contributed by atoms with Gasteiger partial charge in [0.05, 0.1) is 11.2 Å². The molecule has 124 valence electrons. The van der Waals surface area contributed by atoms with Gasteiger partial charge in [-0.15, -0.1) is 0 Å². The van der Waals surface area contributed by atoms with Crippen molar-refractivity contribution in [3.8, 4) is 11.7 Å². The van der Waals surface area contributed by atoms with Crippen molar-refractivity contribution in [1.82, 2.24) is 14.4 Å². The van der Waals surface area contributed by atoms with Crippen LogP contribution in [0.25, 0.3) is 11.7 Å². The van der Waals surface area contributed by atoms with Crippen LogP contribution in [0.5, 0.6) is 0 Å². The molecule has 2 aromatic heterocycles. The lowest BCUT2D eigenvalue weighted by Gasteiger charge is -2.15. The van der Waals surface area contributed by atoms with Crippen LogP contribution in [0.2, 0.25) is 0 Å². The summed E-state index contributed by atoms with van der Waals surface area (Å²) in [6.45, 7) is 0.779. The second-order valence-corrected chi connectivity index (χ2v) is 7.53. The van der Waals surface area contributed by atoms with Gasteiger partial charge >= 0.3 is 0 Å². The molecule has 1 aliphatic rings. The van der Waals surface area contributed by atoms with Gasteiger partial charge in [0.2, 0.25) is 10.0 Å². The van der Waals surface area contributed by atoms with Crippen molar-refractivity contribution in [3.63, 3.8) is 0 Å². The molecule has 3 aromatic rings. The van der Waals surface area contributed by atoms with E-state index in [0.29, 0.717) is 41.9 Å². The molecule has 3 heterocycles. The van der Waals surface area contributed by atoms with Crippen LogP contribution in [0.3, 0.4) is 0 Å². The number of rotatable bonds is 4. The van der Waals surface area contributed by atoms with Crippen LogP contribution >= 0.6 is 0 Å². The molecular weight excluding hydrogens is 330 g/mol. The minimum Gasteiger partial charge on any atom is -0.459 e. The topological polar surface area (TPSA) is 89.4 Å². The molecule has 0 unspecified atom stereocenters. The van der Waals surface area contributed by atoms with Crippen molar-refractivity contribution in [1.29, 1.82) is 0 Å². The molecule has 1 fully saturated rings. The highest BCUT2D eigenvalue weighted by molar-refractivity contribution is 7.89. The van der Waals surface area contributed by atoms with Crippen LogP contribution < -0.4 is 0 Å². The fourth-order valence-corrected chi connectivity index (χ4v) is 4.32. The number of aromatic nitrogens is 2. The van der Waals surface area contributed by atoms with Crippen molar-refractivity contribution in [3.05, 3.63) is 54.6 Å². The van der Waals surface area contributed by atoms with E-state index in [9.17, 15) is 8.42 Å². The van der Waals surface area contributed by atoms with Gasteiger partial charge in [0.15, 0.2) is 11.6 Å². The highest BCUT2D eigenvalue weighted by atomic mass is 32.2. The number of hydrogen-bond acceptors (Lipinski definition) is 6. The summed E-state index contributed by atoms with van der Waals surface area (Å²) in [5.41, 5.74) is 0. The minimum atomic E-state index is -3.49. The Morgan fingerprint density at radius 2 is 1.96 bits per heavy atom. The molecule has 0 N–H and O–H groups in total. The molecule has 24 heavy (non-hydrogen) atoms. The molecule has 1 aliphatic heterocycles. The van der Waals surface area contributed by atoms with Gasteiger partial charge in [-0.25, -0.2) is 8.42 Å². The third kappa shape index (κ3) is 2.63. The van der Waals surface area contributed by atoms with Crippen LogP contribution in [0.15, 0.2) is 62.6 Å². The Morgan fingerprint density at radius 1 is 1.12 bits per heavy atom. The second-order valence-electron chi connectivity index (χ2n) is 5.60. The third-order valence-electron chi connectivity index (χ3n) is 4.07. The van der Waals surface area contributed by atoms with E-state index in [2.05, 4.69) is 10.1 Å². The van der Waals surface area contributed by atoms with Crippen LogP contribution in [-0.4, -0.2) is 36.0 Å². The Morgan fingerprint density at radius 3 is 2.71 bits per heavy atom. The number of benzene rings is 1. The lowest BCUT2D eigenvalue weighted by Crippen LogP contribution is -2.28. The molecule has 0 amide bonds. The first kappa shape index (κ1) is 15.1. The Balaban J connectivity index is 1.53. The highest BCUT2D eigenvalue weighted by Gasteiger charge is 2.35. The molecule has 0 aliphatic carbocycles. The zero-order valence-electron chi connectivity index (χ0n) is 12.7. The molecule has 0 spiro atoms. The molecule has 8 heteroatoms. The summed E-state index contributed by atoms with van der Waals surface area (Å²) >= 11 is 0. The van der Waals surface area contributed by atoms with E-state index in [-0.39, 0.29) is 5.92 Å². The zero-order chi connectivity index (χ0) is 16.6. The van der Waals surface area contributed by atoms with E-state index in [0.717, 1.165) is 0 Å². The Labute approximate surface area is 138 Å². The first-order chi connectivity index (χ1) is 11.6. The fraction of sp³-hybridized carbons (Fsp3) is 0.250. The van der Waals surface area contributed by atoms with Crippen LogP contribution in [0.4, 0.5) is 0 Å². The van der Waals surface area contributed by atoms with Crippen molar-refractivity contribution in [2.75, 3.05) is 13.1 Å². The summed E-state index contributed by atoms with van der Waals surface area (Å²) in [5, 5.41) is 3.98. The standard InChI is InChI=1S/C16H15N3O4S/c20-24(21,13-5-2-1-3-6-13)19-9-8-12(11-19)15-17-16(23-18-15)14-7-4-10-22-14/h1-7,10,12H,8-9,11H2/t12-/m1/s1. The van der Waals surface area contributed by atoms with E-state index in [1.807, 2.05) is 0 Å². The molecular formula is C16H15N3O4S. The van der Waals surface area contributed by atoms with Crippen LogP contribution in [-0.2, 0) is 10.0 Å². The van der Waals surface area contributed by atoms with Gasteiger partial charge in [-0.2, -0.15) is 9.29 Å². The summed E-state index contributed by atoms with van der Waals surface area (Å²) in [7, 11) is -3.49. The predicted molar refractivity (Wildman–Crippen MR) is 84.6 cm³/mol. The van der Waals surface area contributed by atoms with Gasteiger partial charge in [0.1, 0.15) is 0 Å². The normalized spacial score (nSPS) is 18.9. The van der Waals surface area contributed by atoms with Crippen LogP contribution in [0.1, 0.15) is 18.2 Å². The van der Waals surface area contributed by atoms with Gasteiger partial charge in [0.25, 0.3) is 5.89 Å². The van der Waals surface area contributed by atoms with Crippen molar-refractivity contribution >= 4 is 10.0 Å². The van der Waals surface area contributed by atoms with E-state index in [1.165, 1.54) is 10.6 Å². The van der Waals surface area contributed by atoms with Gasteiger partial charge < -0.3 is 8.94 Å².